The molecular formula is C52H34N2S. The Kier molecular flexibility index (Phi) is 8.40. The molecule has 0 aliphatic rings. The molecule has 0 aliphatic heterocycles. The molecule has 10 rings (SSSR count). The van der Waals surface area contributed by atoms with Crippen LogP contribution in [-0.4, -0.2) is 9.97 Å². The fourth-order valence-corrected chi connectivity index (χ4v) is 8.77. The molecular weight excluding hydrogens is 685 g/mol. The maximum atomic E-state index is 5.37. The molecule has 0 fully saturated rings. The molecule has 55 heavy (non-hydrogen) atoms. The van der Waals surface area contributed by atoms with Gasteiger partial charge in [-0.3, -0.25) is 0 Å². The van der Waals surface area contributed by atoms with Crippen molar-refractivity contribution in [2.75, 3.05) is 0 Å². The van der Waals surface area contributed by atoms with Crippen molar-refractivity contribution in [2.24, 2.45) is 0 Å². The Morgan fingerprint density at radius 1 is 0.291 bits per heavy atom. The van der Waals surface area contributed by atoms with Crippen molar-refractivity contribution in [3.63, 3.8) is 0 Å². The van der Waals surface area contributed by atoms with Crippen molar-refractivity contribution < 1.29 is 0 Å². The minimum atomic E-state index is 0.689. The molecule has 0 radical (unpaired) electrons. The third kappa shape index (κ3) is 6.41. The molecule has 0 amide bonds. The van der Waals surface area contributed by atoms with E-state index in [0.29, 0.717) is 5.82 Å². The summed E-state index contributed by atoms with van der Waals surface area (Å²) in [5, 5.41) is 2.58. The first-order valence-electron chi connectivity index (χ1n) is 18.6. The van der Waals surface area contributed by atoms with Gasteiger partial charge in [-0.25, -0.2) is 9.97 Å². The van der Waals surface area contributed by atoms with E-state index in [4.69, 9.17) is 9.97 Å². The van der Waals surface area contributed by atoms with Crippen molar-refractivity contribution in [3.05, 3.63) is 206 Å². The summed E-state index contributed by atoms with van der Waals surface area (Å²) in [6.45, 7) is 0. The van der Waals surface area contributed by atoms with E-state index in [1.165, 1.54) is 31.3 Å². The quantitative estimate of drug-likeness (QED) is 0.164. The van der Waals surface area contributed by atoms with Gasteiger partial charge in [-0.05, 0) is 87.0 Å². The fourth-order valence-electron chi connectivity index (χ4n) is 7.53. The van der Waals surface area contributed by atoms with Crippen LogP contribution in [0.4, 0.5) is 0 Å². The number of hydrogen-bond donors (Lipinski definition) is 0. The van der Waals surface area contributed by atoms with Crippen LogP contribution in [-0.2, 0) is 0 Å². The largest absolute Gasteiger partial charge is 0.228 e. The summed E-state index contributed by atoms with van der Waals surface area (Å²) in [6.07, 6.45) is 0. The smallest absolute Gasteiger partial charge is 0.160 e. The highest BCUT2D eigenvalue weighted by molar-refractivity contribution is 7.26. The van der Waals surface area contributed by atoms with E-state index in [0.717, 1.165) is 61.5 Å². The second kappa shape index (κ2) is 14.1. The maximum Gasteiger partial charge on any atom is 0.160 e. The standard InChI is InChI=1S/C52H34N2S/c1-4-15-35(16-5-1)38-21-12-23-40(29-38)48-34-49(54-52(53-48)41-24-13-22-39(30-41)36-17-6-2-7-18-36)44-32-42(37-19-8-3-9-20-37)31-43(33-44)45-26-14-27-47-46-25-10-11-28-50(46)55-51(45)47/h1-34H. The number of hydrogen-bond acceptors (Lipinski definition) is 3. The Morgan fingerprint density at radius 2 is 0.745 bits per heavy atom. The van der Waals surface area contributed by atoms with Crippen molar-refractivity contribution >= 4 is 31.5 Å². The predicted molar refractivity (Wildman–Crippen MR) is 233 cm³/mol. The summed E-state index contributed by atoms with van der Waals surface area (Å²) in [7, 11) is 0. The Hall–Kier alpha value is -6.94. The molecule has 3 heteroatoms. The zero-order valence-corrected chi connectivity index (χ0v) is 30.7. The number of fused-ring (bicyclic) bond motifs is 3. The maximum absolute atomic E-state index is 5.37. The molecule has 0 bridgehead atoms. The van der Waals surface area contributed by atoms with Crippen LogP contribution < -0.4 is 0 Å². The first kappa shape index (κ1) is 32.7. The SMILES string of the molecule is c1ccc(-c2cccc(-c3cc(-c4cc(-c5ccccc5)cc(-c5cccc6c5sc5ccccc56)c4)nc(-c4cccc(-c5ccccc5)c4)n3)c2)cc1. The van der Waals surface area contributed by atoms with Crippen LogP contribution in [0, 0.1) is 0 Å². The van der Waals surface area contributed by atoms with Gasteiger partial charge >= 0.3 is 0 Å². The lowest BCUT2D eigenvalue weighted by Gasteiger charge is -2.14. The highest BCUT2D eigenvalue weighted by Crippen LogP contribution is 2.42. The van der Waals surface area contributed by atoms with Crippen LogP contribution in [0.2, 0.25) is 0 Å². The average molecular weight is 719 g/mol. The summed E-state index contributed by atoms with van der Waals surface area (Å²) in [4.78, 5) is 10.7. The zero-order chi connectivity index (χ0) is 36.6. The van der Waals surface area contributed by atoms with Crippen molar-refractivity contribution in [1.29, 1.82) is 0 Å². The Balaban J connectivity index is 1.20. The minimum Gasteiger partial charge on any atom is -0.228 e. The van der Waals surface area contributed by atoms with Crippen molar-refractivity contribution in [3.8, 4) is 78.4 Å². The molecule has 2 nitrogen and oxygen atoms in total. The molecule has 10 aromatic rings. The fraction of sp³-hybridized carbons (Fsp3) is 0. The van der Waals surface area contributed by atoms with Gasteiger partial charge in [0.15, 0.2) is 5.82 Å². The molecule has 0 aliphatic carbocycles. The van der Waals surface area contributed by atoms with Gasteiger partial charge in [-0.15, -0.1) is 11.3 Å². The van der Waals surface area contributed by atoms with Gasteiger partial charge in [-0.2, -0.15) is 0 Å². The highest BCUT2D eigenvalue weighted by atomic mass is 32.1. The second-order valence-electron chi connectivity index (χ2n) is 13.8. The van der Waals surface area contributed by atoms with Crippen molar-refractivity contribution in [1.82, 2.24) is 9.97 Å². The Bertz CT molecular complexity index is 2870. The van der Waals surface area contributed by atoms with Crippen LogP contribution in [0.5, 0.6) is 0 Å². The molecule has 2 heterocycles. The van der Waals surface area contributed by atoms with Gasteiger partial charge in [0.05, 0.1) is 11.4 Å². The minimum absolute atomic E-state index is 0.689. The molecule has 0 saturated heterocycles. The number of thiophene rings is 1. The van der Waals surface area contributed by atoms with Crippen LogP contribution in [0.1, 0.15) is 0 Å². The number of nitrogens with zero attached hydrogens (tertiary/aromatic N) is 2. The molecule has 0 atom stereocenters. The lowest BCUT2D eigenvalue weighted by Crippen LogP contribution is -1.97. The number of benzene rings is 8. The molecule has 258 valence electrons. The summed E-state index contributed by atoms with van der Waals surface area (Å²) in [5.74, 6) is 0.689. The number of aromatic nitrogens is 2. The first-order valence-corrected chi connectivity index (χ1v) is 19.4. The normalized spacial score (nSPS) is 11.3. The predicted octanol–water partition coefficient (Wildman–Crippen LogP) is 14.5. The van der Waals surface area contributed by atoms with E-state index in [1.54, 1.807) is 0 Å². The number of rotatable bonds is 7. The zero-order valence-electron chi connectivity index (χ0n) is 29.9. The molecule has 2 aromatic heterocycles. The molecule has 0 N–H and O–H groups in total. The average Bonchev–Trinajstić information content (AvgIpc) is 3.66. The third-order valence-electron chi connectivity index (χ3n) is 10.3. The Morgan fingerprint density at radius 3 is 1.44 bits per heavy atom. The second-order valence-corrected chi connectivity index (χ2v) is 14.9. The summed E-state index contributed by atoms with van der Waals surface area (Å²) < 4.78 is 2.59. The van der Waals surface area contributed by atoms with Gasteiger partial charge < -0.3 is 0 Å². The molecule has 0 unspecified atom stereocenters. The van der Waals surface area contributed by atoms with E-state index < -0.39 is 0 Å². The summed E-state index contributed by atoms with van der Waals surface area (Å²) in [5.41, 5.74) is 14.1. The van der Waals surface area contributed by atoms with E-state index in [2.05, 4.69) is 206 Å². The molecule has 8 aromatic carbocycles. The van der Waals surface area contributed by atoms with E-state index in [1.807, 2.05) is 11.3 Å². The van der Waals surface area contributed by atoms with Gasteiger partial charge in [-0.1, -0.05) is 164 Å². The van der Waals surface area contributed by atoms with Crippen LogP contribution in [0.25, 0.3) is 98.6 Å². The van der Waals surface area contributed by atoms with Crippen LogP contribution in [0.3, 0.4) is 0 Å². The lowest BCUT2D eigenvalue weighted by molar-refractivity contribution is 1.18. The molecule has 0 saturated carbocycles. The van der Waals surface area contributed by atoms with Gasteiger partial charge in [0, 0.05) is 36.9 Å². The third-order valence-corrected chi connectivity index (χ3v) is 11.5. The summed E-state index contributed by atoms with van der Waals surface area (Å²) in [6, 6.07) is 73.4. The van der Waals surface area contributed by atoms with Crippen LogP contribution >= 0.6 is 11.3 Å². The first-order chi connectivity index (χ1) is 27.2. The monoisotopic (exact) mass is 718 g/mol. The van der Waals surface area contributed by atoms with Crippen molar-refractivity contribution in [2.45, 2.75) is 0 Å². The summed E-state index contributed by atoms with van der Waals surface area (Å²) >= 11 is 1.86. The Labute approximate surface area is 324 Å². The van der Waals surface area contributed by atoms with Gasteiger partial charge in [0.2, 0.25) is 0 Å². The van der Waals surface area contributed by atoms with Gasteiger partial charge in [0.1, 0.15) is 0 Å². The molecule has 0 spiro atoms. The topological polar surface area (TPSA) is 25.8 Å². The lowest BCUT2D eigenvalue weighted by atomic mass is 9.93. The van der Waals surface area contributed by atoms with E-state index in [9.17, 15) is 0 Å². The highest BCUT2D eigenvalue weighted by Gasteiger charge is 2.17. The van der Waals surface area contributed by atoms with E-state index >= 15 is 0 Å². The van der Waals surface area contributed by atoms with Crippen LogP contribution in [0.15, 0.2) is 206 Å². The van der Waals surface area contributed by atoms with Gasteiger partial charge in [0.25, 0.3) is 0 Å². The van der Waals surface area contributed by atoms with E-state index in [-0.39, 0.29) is 0 Å².